The highest BCUT2D eigenvalue weighted by Gasteiger charge is 2.07. The lowest BCUT2D eigenvalue weighted by Gasteiger charge is -1.98. The van der Waals surface area contributed by atoms with E-state index in [9.17, 15) is 8.78 Å². The summed E-state index contributed by atoms with van der Waals surface area (Å²) in [5.74, 6) is 1.99. The molecule has 0 radical (unpaired) electrons. The minimum absolute atomic E-state index is 0.131. The zero-order valence-corrected chi connectivity index (χ0v) is 7.41. The van der Waals surface area contributed by atoms with Gasteiger partial charge in [-0.1, -0.05) is 17.0 Å². The normalized spacial score (nSPS) is 8.67. The molecule has 1 N–H and O–H groups in total. The molecule has 4 nitrogen and oxygen atoms in total. The van der Waals surface area contributed by atoms with Crippen LogP contribution in [-0.4, -0.2) is 11.7 Å². The smallest absolute Gasteiger partial charge is 0.169 e. The second-order valence-electron chi connectivity index (χ2n) is 2.47. The van der Waals surface area contributed by atoms with E-state index in [0.717, 1.165) is 6.07 Å². The Morgan fingerprint density at radius 1 is 1.47 bits per heavy atom. The molecule has 76 valence electrons. The van der Waals surface area contributed by atoms with Gasteiger partial charge in [0.25, 0.3) is 0 Å². The van der Waals surface area contributed by atoms with Gasteiger partial charge in [0.2, 0.25) is 0 Å². The highest BCUT2D eigenvalue weighted by atomic mass is 19.1. The van der Waals surface area contributed by atoms with Gasteiger partial charge in [0.15, 0.2) is 11.6 Å². The molecule has 0 aromatic heterocycles. The molecule has 1 rings (SSSR count). The number of azide groups is 1. The number of phenolic OH excluding ortho intramolecular Hbond substituents is 1. The van der Waals surface area contributed by atoms with E-state index in [0.29, 0.717) is 6.07 Å². The Bertz CT molecular complexity index is 484. The van der Waals surface area contributed by atoms with Gasteiger partial charge >= 0.3 is 0 Å². The van der Waals surface area contributed by atoms with Crippen LogP contribution in [0.25, 0.3) is 10.4 Å². The summed E-state index contributed by atoms with van der Waals surface area (Å²) >= 11 is 0. The van der Waals surface area contributed by atoms with Gasteiger partial charge < -0.3 is 5.11 Å². The first-order chi connectivity index (χ1) is 7.15. The topological polar surface area (TPSA) is 69.0 Å². The van der Waals surface area contributed by atoms with Gasteiger partial charge in [0.05, 0.1) is 12.1 Å². The number of rotatable bonds is 1. The summed E-state index contributed by atoms with van der Waals surface area (Å²) in [6.45, 7) is -0.131. The van der Waals surface area contributed by atoms with E-state index in [4.69, 9.17) is 10.6 Å². The highest BCUT2D eigenvalue weighted by Crippen LogP contribution is 2.21. The molecule has 0 spiro atoms. The largest absolute Gasteiger partial charge is 0.504 e. The van der Waals surface area contributed by atoms with Crippen molar-refractivity contribution in [1.82, 2.24) is 0 Å². The third-order valence-corrected chi connectivity index (χ3v) is 1.46. The van der Waals surface area contributed by atoms with Crippen LogP contribution in [0, 0.1) is 23.5 Å². The summed E-state index contributed by atoms with van der Waals surface area (Å²) in [5.41, 5.74) is 7.75. The van der Waals surface area contributed by atoms with Crippen molar-refractivity contribution in [3.63, 3.8) is 0 Å². The van der Waals surface area contributed by atoms with Gasteiger partial charge in [-0.2, -0.15) is 0 Å². The molecule has 0 fully saturated rings. The molecule has 0 unspecified atom stereocenters. The molecule has 0 saturated carbocycles. The Morgan fingerprint density at radius 2 is 2.20 bits per heavy atom. The van der Waals surface area contributed by atoms with Crippen LogP contribution >= 0.6 is 0 Å². The van der Waals surface area contributed by atoms with Crippen LogP contribution < -0.4 is 0 Å². The number of phenols is 1. The Balaban J connectivity index is 3.02. The van der Waals surface area contributed by atoms with Crippen molar-refractivity contribution in [3.05, 3.63) is 39.8 Å². The first-order valence-electron chi connectivity index (χ1n) is 3.83. The van der Waals surface area contributed by atoms with Crippen molar-refractivity contribution in [2.45, 2.75) is 0 Å². The van der Waals surface area contributed by atoms with Crippen molar-refractivity contribution < 1.29 is 13.9 Å². The molecule has 0 aliphatic heterocycles. The summed E-state index contributed by atoms with van der Waals surface area (Å²) in [7, 11) is 0. The van der Waals surface area contributed by atoms with Crippen molar-refractivity contribution in [1.29, 1.82) is 0 Å². The van der Waals surface area contributed by atoms with E-state index in [-0.39, 0.29) is 12.1 Å². The second-order valence-corrected chi connectivity index (χ2v) is 2.47. The molecule has 1 aromatic rings. The van der Waals surface area contributed by atoms with Crippen molar-refractivity contribution in [2.24, 2.45) is 5.11 Å². The summed E-state index contributed by atoms with van der Waals surface area (Å²) in [5, 5.41) is 12.2. The van der Waals surface area contributed by atoms with E-state index in [1.165, 1.54) is 0 Å². The summed E-state index contributed by atoms with van der Waals surface area (Å²) in [4.78, 5) is 2.44. The Labute approximate surface area is 83.8 Å². The van der Waals surface area contributed by atoms with Crippen LogP contribution in [0.1, 0.15) is 5.56 Å². The molecule has 0 bridgehead atoms. The molecule has 0 aliphatic rings. The standard InChI is InChI=1S/C9H5F2N3O/c10-7-4-6(2-1-3-13-14-12)9(15)8(11)5-7/h4-5,15H,3H2. The average Bonchev–Trinajstić information content (AvgIpc) is 2.19. The number of benzene rings is 1. The first kappa shape index (κ1) is 10.8. The first-order valence-corrected chi connectivity index (χ1v) is 3.83. The van der Waals surface area contributed by atoms with Crippen LogP contribution in [0.15, 0.2) is 17.2 Å². The lowest BCUT2D eigenvalue weighted by atomic mass is 10.2. The van der Waals surface area contributed by atoms with Gasteiger partial charge in [-0.05, 0) is 11.6 Å². The fourth-order valence-electron chi connectivity index (χ4n) is 0.863. The zero-order chi connectivity index (χ0) is 11.3. The van der Waals surface area contributed by atoms with Crippen LogP contribution in [0.2, 0.25) is 0 Å². The van der Waals surface area contributed by atoms with Gasteiger partial charge in [-0.3, -0.25) is 0 Å². The third-order valence-electron chi connectivity index (χ3n) is 1.46. The summed E-state index contributed by atoms with van der Waals surface area (Å²) < 4.78 is 25.5. The Morgan fingerprint density at radius 3 is 2.87 bits per heavy atom. The van der Waals surface area contributed by atoms with Crippen LogP contribution in [-0.2, 0) is 0 Å². The molecule has 0 heterocycles. The maximum atomic E-state index is 12.8. The van der Waals surface area contributed by atoms with Crippen LogP contribution in [0.5, 0.6) is 5.75 Å². The fraction of sp³-hybridized carbons (Fsp3) is 0.111. The molecule has 6 heteroatoms. The lowest BCUT2D eigenvalue weighted by Crippen LogP contribution is -1.86. The molecule has 0 saturated heterocycles. The minimum Gasteiger partial charge on any atom is -0.504 e. The molecular formula is C9H5F2N3O. The molecule has 0 aliphatic carbocycles. The van der Waals surface area contributed by atoms with Gasteiger partial charge in [-0.25, -0.2) is 8.78 Å². The molecule has 15 heavy (non-hydrogen) atoms. The monoisotopic (exact) mass is 209 g/mol. The van der Waals surface area contributed by atoms with Crippen molar-refractivity contribution in [3.8, 4) is 17.6 Å². The number of aromatic hydroxyl groups is 1. The summed E-state index contributed by atoms with van der Waals surface area (Å²) in [6, 6.07) is 1.44. The number of hydrogen-bond acceptors (Lipinski definition) is 2. The zero-order valence-electron chi connectivity index (χ0n) is 7.41. The van der Waals surface area contributed by atoms with Crippen molar-refractivity contribution in [2.75, 3.05) is 6.54 Å². The number of halogens is 2. The molecule has 0 atom stereocenters. The maximum Gasteiger partial charge on any atom is 0.169 e. The molecule has 0 amide bonds. The van der Waals surface area contributed by atoms with E-state index in [2.05, 4.69) is 21.9 Å². The maximum absolute atomic E-state index is 12.8. The minimum atomic E-state index is -1.08. The van der Waals surface area contributed by atoms with E-state index >= 15 is 0 Å². The summed E-state index contributed by atoms with van der Waals surface area (Å²) in [6.07, 6.45) is 0. The Hall–Kier alpha value is -2.25. The van der Waals surface area contributed by atoms with Gasteiger partial charge in [0, 0.05) is 11.0 Å². The fourth-order valence-corrected chi connectivity index (χ4v) is 0.863. The van der Waals surface area contributed by atoms with Crippen molar-refractivity contribution >= 4 is 0 Å². The van der Waals surface area contributed by atoms with Crippen LogP contribution in [0.4, 0.5) is 8.78 Å². The van der Waals surface area contributed by atoms with Gasteiger partial charge in [-0.15, -0.1) is 0 Å². The quantitative estimate of drug-likeness (QED) is 0.328. The Kier molecular flexibility index (Phi) is 3.49. The van der Waals surface area contributed by atoms with Crippen LogP contribution in [0.3, 0.4) is 0 Å². The third kappa shape index (κ3) is 2.86. The molecular weight excluding hydrogens is 204 g/mol. The lowest BCUT2D eigenvalue weighted by molar-refractivity contribution is 0.426. The van der Waals surface area contributed by atoms with E-state index in [1.807, 2.05) is 0 Å². The second kappa shape index (κ2) is 4.84. The van der Waals surface area contributed by atoms with E-state index in [1.54, 1.807) is 0 Å². The predicted octanol–water partition coefficient (Wildman–Crippen LogP) is 2.33. The SMILES string of the molecule is [N-]=[N+]=NCC#Cc1cc(F)cc(F)c1O. The highest BCUT2D eigenvalue weighted by molar-refractivity contribution is 5.46. The number of hydrogen-bond donors (Lipinski definition) is 1. The molecule has 1 aromatic carbocycles. The predicted molar refractivity (Wildman–Crippen MR) is 48.9 cm³/mol. The number of nitrogens with zero attached hydrogens (tertiary/aromatic N) is 3. The van der Waals surface area contributed by atoms with Gasteiger partial charge in [0.1, 0.15) is 5.82 Å². The average molecular weight is 209 g/mol. The van der Waals surface area contributed by atoms with E-state index < -0.39 is 17.4 Å².